The Labute approximate surface area is 137 Å². The summed E-state index contributed by atoms with van der Waals surface area (Å²) in [4.78, 5) is 14.8. The molecule has 2 atom stereocenters. The first-order valence-corrected chi connectivity index (χ1v) is 8.26. The third-order valence-electron chi connectivity index (χ3n) is 4.76. The van der Waals surface area contributed by atoms with Gasteiger partial charge in [-0.15, -0.1) is 0 Å². The Morgan fingerprint density at radius 3 is 2.52 bits per heavy atom. The van der Waals surface area contributed by atoms with Crippen molar-refractivity contribution >= 4 is 11.6 Å². The molecule has 0 spiro atoms. The van der Waals surface area contributed by atoms with Gasteiger partial charge in [0.2, 0.25) is 0 Å². The highest BCUT2D eigenvalue weighted by Gasteiger charge is 2.31. The Bertz CT molecular complexity index is 710. The zero-order valence-electron chi connectivity index (χ0n) is 14.0. The van der Waals surface area contributed by atoms with E-state index in [9.17, 15) is 4.79 Å². The van der Waals surface area contributed by atoms with Crippen molar-refractivity contribution in [2.75, 3.05) is 5.73 Å². The standard InChI is InChI=1S/C19H24N2O2/c1-12-11-15(20)7-8-16(12)17-9-10-18(23-17)19(22)21-13(2)5-4-6-14(21)3/h7-11,13-14H,4-6,20H2,1-3H3/t13-,14+. The Balaban J connectivity index is 1.88. The first-order chi connectivity index (χ1) is 11.0. The molecule has 1 aromatic heterocycles. The number of anilines is 1. The lowest BCUT2D eigenvalue weighted by Crippen LogP contribution is -2.47. The molecule has 1 amide bonds. The molecule has 0 aliphatic carbocycles. The van der Waals surface area contributed by atoms with Gasteiger partial charge in [-0.2, -0.15) is 0 Å². The topological polar surface area (TPSA) is 59.5 Å². The minimum atomic E-state index is -0.0101. The summed E-state index contributed by atoms with van der Waals surface area (Å²) >= 11 is 0. The number of carbonyl (C=O) groups is 1. The van der Waals surface area contributed by atoms with Crippen LogP contribution in [0.5, 0.6) is 0 Å². The van der Waals surface area contributed by atoms with Gasteiger partial charge >= 0.3 is 0 Å². The molecular weight excluding hydrogens is 288 g/mol. The van der Waals surface area contributed by atoms with Gasteiger partial charge in [0.25, 0.3) is 5.91 Å². The summed E-state index contributed by atoms with van der Waals surface area (Å²) in [5, 5.41) is 0. The summed E-state index contributed by atoms with van der Waals surface area (Å²) in [7, 11) is 0. The van der Waals surface area contributed by atoms with E-state index in [1.807, 2.05) is 36.1 Å². The largest absolute Gasteiger partial charge is 0.451 e. The number of carbonyl (C=O) groups excluding carboxylic acids is 1. The highest BCUT2D eigenvalue weighted by atomic mass is 16.4. The van der Waals surface area contributed by atoms with Crippen molar-refractivity contribution in [3.8, 4) is 11.3 Å². The molecule has 1 saturated heterocycles. The zero-order valence-corrected chi connectivity index (χ0v) is 14.0. The fraction of sp³-hybridized carbons (Fsp3) is 0.421. The van der Waals surface area contributed by atoms with Crippen LogP contribution in [0.3, 0.4) is 0 Å². The molecule has 23 heavy (non-hydrogen) atoms. The van der Waals surface area contributed by atoms with E-state index in [1.165, 1.54) is 6.42 Å². The number of hydrogen-bond donors (Lipinski definition) is 1. The molecule has 0 bridgehead atoms. The number of amides is 1. The molecule has 2 heterocycles. The highest BCUT2D eigenvalue weighted by Crippen LogP contribution is 2.29. The number of furan rings is 1. The van der Waals surface area contributed by atoms with Crippen LogP contribution >= 0.6 is 0 Å². The van der Waals surface area contributed by atoms with Gasteiger partial charge in [0.1, 0.15) is 5.76 Å². The molecule has 4 nitrogen and oxygen atoms in total. The van der Waals surface area contributed by atoms with Gasteiger partial charge in [0, 0.05) is 23.3 Å². The summed E-state index contributed by atoms with van der Waals surface area (Å²) < 4.78 is 5.87. The van der Waals surface area contributed by atoms with Crippen molar-refractivity contribution in [3.05, 3.63) is 41.7 Å². The Morgan fingerprint density at radius 2 is 1.87 bits per heavy atom. The number of piperidine rings is 1. The van der Waals surface area contributed by atoms with Crippen LogP contribution in [-0.4, -0.2) is 22.9 Å². The van der Waals surface area contributed by atoms with Crippen molar-refractivity contribution < 1.29 is 9.21 Å². The maximum Gasteiger partial charge on any atom is 0.290 e. The molecule has 0 radical (unpaired) electrons. The van der Waals surface area contributed by atoms with Gasteiger partial charge in [-0.3, -0.25) is 4.79 Å². The molecule has 122 valence electrons. The van der Waals surface area contributed by atoms with E-state index in [0.29, 0.717) is 11.5 Å². The maximum absolute atomic E-state index is 12.8. The van der Waals surface area contributed by atoms with Gasteiger partial charge in [0.05, 0.1) is 0 Å². The number of hydrogen-bond acceptors (Lipinski definition) is 3. The van der Waals surface area contributed by atoms with Gasteiger partial charge in [-0.25, -0.2) is 0 Å². The van der Waals surface area contributed by atoms with Gasteiger partial charge < -0.3 is 15.1 Å². The van der Waals surface area contributed by atoms with E-state index in [4.69, 9.17) is 10.2 Å². The van der Waals surface area contributed by atoms with Crippen LogP contribution < -0.4 is 5.73 Å². The van der Waals surface area contributed by atoms with E-state index < -0.39 is 0 Å². The second kappa shape index (κ2) is 6.11. The van der Waals surface area contributed by atoms with Gasteiger partial charge in [-0.1, -0.05) is 0 Å². The third kappa shape index (κ3) is 2.98. The monoisotopic (exact) mass is 312 g/mol. The molecule has 0 unspecified atom stereocenters. The SMILES string of the molecule is Cc1cc(N)ccc1-c1ccc(C(=O)N2[C@H](C)CCC[C@@H]2C)o1. The van der Waals surface area contributed by atoms with Crippen molar-refractivity contribution in [2.45, 2.75) is 52.1 Å². The quantitative estimate of drug-likeness (QED) is 0.844. The predicted octanol–water partition coefficient (Wildman–Crippen LogP) is 4.24. The number of rotatable bonds is 2. The van der Waals surface area contributed by atoms with E-state index in [2.05, 4.69) is 13.8 Å². The normalized spacial score (nSPS) is 21.4. The van der Waals surface area contributed by atoms with Crippen LogP contribution in [-0.2, 0) is 0 Å². The average Bonchev–Trinajstić information content (AvgIpc) is 2.96. The van der Waals surface area contributed by atoms with Gasteiger partial charge in [0.15, 0.2) is 5.76 Å². The van der Waals surface area contributed by atoms with Crippen LogP contribution in [0, 0.1) is 6.92 Å². The summed E-state index contributed by atoms with van der Waals surface area (Å²) in [6.45, 7) is 6.22. The molecule has 1 aliphatic heterocycles. The molecule has 1 aromatic carbocycles. The number of benzene rings is 1. The summed E-state index contributed by atoms with van der Waals surface area (Å²) in [5.74, 6) is 1.11. The predicted molar refractivity (Wildman–Crippen MR) is 92.2 cm³/mol. The third-order valence-corrected chi connectivity index (χ3v) is 4.76. The average molecular weight is 312 g/mol. The fourth-order valence-electron chi connectivity index (χ4n) is 3.51. The molecular formula is C19H24N2O2. The van der Waals surface area contributed by atoms with Crippen molar-refractivity contribution in [1.82, 2.24) is 4.90 Å². The Morgan fingerprint density at radius 1 is 1.17 bits per heavy atom. The Hall–Kier alpha value is -2.23. The van der Waals surface area contributed by atoms with Crippen molar-refractivity contribution in [3.63, 3.8) is 0 Å². The smallest absolute Gasteiger partial charge is 0.290 e. The van der Waals surface area contributed by atoms with Crippen LogP contribution in [0.4, 0.5) is 5.69 Å². The first kappa shape index (κ1) is 15.7. The van der Waals surface area contributed by atoms with E-state index in [1.54, 1.807) is 6.07 Å². The Kier molecular flexibility index (Phi) is 4.16. The summed E-state index contributed by atoms with van der Waals surface area (Å²) in [6.07, 6.45) is 3.29. The fourth-order valence-corrected chi connectivity index (χ4v) is 3.51. The molecule has 4 heteroatoms. The van der Waals surface area contributed by atoms with Crippen molar-refractivity contribution in [1.29, 1.82) is 0 Å². The highest BCUT2D eigenvalue weighted by molar-refractivity contribution is 5.92. The lowest BCUT2D eigenvalue weighted by molar-refractivity contribution is 0.0479. The summed E-state index contributed by atoms with van der Waals surface area (Å²) in [6, 6.07) is 9.86. The van der Waals surface area contributed by atoms with E-state index in [-0.39, 0.29) is 18.0 Å². The lowest BCUT2D eigenvalue weighted by Gasteiger charge is -2.38. The van der Waals surface area contributed by atoms with Crippen LogP contribution in [0.25, 0.3) is 11.3 Å². The van der Waals surface area contributed by atoms with E-state index in [0.717, 1.165) is 29.7 Å². The van der Waals surface area contributed by atoms with E-state index >= 15 is 0 Å². The molecule has 0 saturated carbocycles. The van der Waals surface area contributed by atoms with Crippen LogP contribution in [0.2, 0.25) is 0 Å². The molecule has 3 rings (SSSR count). The number of aryl methyl sites for hydroxylation is 1. The first-order valence-electron chi connectivity index (χ1n) is 8.26. The molecule has 1 aliphatic rings. The molecule has 1 fully saturated rings. The van der Waals surface area contributed by atoms with Crippen LogP contribution in [0.1, 0.15) is 49.2 Å². The minimum Gasteiger partial charge on any atom is -0.451 e. The lowest BCUT2D eigenvalue weighted by atomic mass is 9.97. The number of nitrogens with zero attached hydrogens (tertiary/aromatic N) is 1. The molecule has 2 N–H and O–H groups in total. The summed E-state index contributed by atoms with van der Waals surface area (Å²) in [5.41, 5.74) is 8.53. The number of likely N-dealkylation sites (tertiary alicyclic amines) is 1. The maximum atomic E-state index is 12.8. The van der Waals surface area contributed by atoms with Crippen LogP contribution in [0.15, 0.2) is 34.7 Å². The minimum absolute atomic E-state index is 0.0101. The number of nitrogen functional groups attached to an aromatic ring is 1. The number of nitrogens with two attached hydrogens (primary N) is 1. The van der Waals surface area contributed by atoms with Crippen molar-refractivity contribution in [2.24, 2.45) is 0 Å². The zero-order chi connectivity index (χ0) is 16.6. The second-order valence-corrected chi connectivity index (χ2v) is 6.58. The molecule has 2 aromatic rings. The second-order valence-electron chi connectivity index (χ2n) is 6.58. The van der Waals surface area contributed by atoms with Gasteiger partial charge in [-0.05, 0) is 75.9 Å².